The number of nitrogens with two attached hydrogens (primary N) is 1. The number of nitrogens with one attached hydrogen (secondary N) is 2. The molecule has 0 unspecified atom stereocenters. The van der Waals surface area contributed by atoms with Crippen LogP contribution in [0.2, 0.25) is 0 Å². The number of anilines is 1. The van der Waals surface area contributed by atoms with Crippen LogP contribution < -0.4 is 15.8 Å². The second-order valence-corrected chi connectivity index (χ2v) is 7.18. The van der Waals surface area contributed by atoms with Gasteiger partial charge in [0, 0.05) is 12.2 Å². The predicted octanol–water partition coefficient (Wildman–Crippen LogP) is 1.68. The number of primary sulfonamides is 1. The molecule has 6 nitrogen and oxygen atoms in total. The van der Waals surface area contributed by atoms with Gasteiger partial charge in [-0.2, -0.15) is 0 Å². The molecule has 0 aliphatic heterocycles. The van der Waals surface area contributed by atoms with Gasteiger partial charge in [-0.3, -0.25) is 4.79 Å². The quantitative estimate of drug-likeness (QED) is 0.740. The smallest absolute Gasteiger partial charge is 0.239 e. The molecule has 0 atom stereocenters. The molecule has 0 spiro atoms. The first kappa shape index (κ1) is 18.0. The maximum Gasteiger partial charge on any atom is 0.239 e. The number of amides is 1. The summed E-state index contributed by atoms with van der Waals surface area (Å²) in [6.07, 6.45) is 0. The summed E-state index contributed by atoms with van der Waals surface area (Å²) in [5, 5.41) is 10.9. The summed E-state index contributed by atoms with van der Waals surface area (Å²) in [5.74, 6) is -0.149. The highest BCUT2D eigenvalue weighted by atomic mass is 32.2. The van der Waals surface area contributed by atoms with Gasteiger partial charge in [0.1, 0.15) is 0 Å². The molecular weight excluding hydrogens is 326 g/mol. The Hall–Kier alpha value is -2.38. The number of aryl methyl sites for hydroxylation is 2. The van der Waals surface area contributed by atoms with E-state index in [-0.39, 0.29) is 17.3 Å². The summed E-state index contributed by atoms with van der Waals surface area (Å²) in [5.41, 5.74) is 4.05. The third-order valence-electron chi connectivity index (χ3n) is 3.70. The molecular formula is C17H21N3O3S. The third-order valence-corrected chi connectivity index (χ3v) is 4.63. The van der Waals surface area contributed by atoms with E-state index in [2.05, 4.69) is 10.6 Å². The van der Waals surface area contributed by atoms with Crippen molar-refractivity contribution in [3.8, 4) is 0 Å². The molecule has 0 fully saturated rings. The summed E-state index contributed by atoms with van der Waals surface area (Å²) < 4.78 is 22.3. The topological polar surface area (TPSA) is 101 Å². The van der Waals surface area contributed by atoms with Gasteiger partial charge in [-0.1, -0.05) is 18.2 Å². The molecule has 2 rings (SSSR count). The lowest BCUT2D eigenvalue weighted by molar-refractivity contribution is -0.119. The van der Waals surface area contributed by atoms with E-state index in [1.807, 2.05) is 32.0 Å². The minimum atomic E-state index is -3.69. The second-order valence-electron chi connectivity index (χ2n) is 5.62. The van der Waals surface area contributed by atoms with E-state index in [9.17, 15) is 13.2 Å². The summed E-state index contributed by atoms with van der Waals surface area (Å²) >= 11 is 0. The summed E-state index contributed by atoms with van der Waals surface area (Å²) in [4.78, 5) is 11.9. The molecule has 4 N–H and O–H groups in total. The minimum absolute atomic E-state index is 0.0500. The number of rotatable bonds is 6. The highest BCUT2D eigenvalue weighted by Gasteiger charge is 2.07. The van der Waals surface area contributed by atoms with Crippen LogP contribution in [0.1, 0.15) is 16.7 Å². The van der Waals surface area contributed by atoms with Gasteiger partial charge in [0.2, 0.25) is 15.9 Å². The first-order valence-corrected chi connectivity index (χ1v) is 9.00. The second kappa shape index (κ2) is 7.46. The lowest BCUT2D eigenvalue weighted by Crippen LogP contribution is -2.29. The van der Waals surface area contributed by atoms with Crippen LogP contribution >= 0.6 is 0 Å². The molecule has 1 amide bonds. The molecule has 0 radical (unpaired) electrons. The average Bonchev–Trinajstić information content (AvgIpc) is 2.53. The first-order chi connectivity index (χ1) is 11.3. The number of benzene rings is 2. The number of sulfonamides is 1. The zero-order chi connectivity index (χ0) is 17.7. The third kappa shape index (κ3) is 5.07. The fraction of sp³-hybridized carbons (Fsp3) is 0.235. The van der Waals surface area contributed by atoms with E-state index in [0.29, 0.717) is 6.54 Å². The Kier molecular flexibility index (Phi) is 5.58. The van der Waals surface area contributed by atoms with Crippen molar-refractivity contribution in [1.82, 2.24) is 5.32 Å². The van der Waals surface area contributed by atoms with Crippen molar-refractivity contribution in [2.75, 3.05) is 11.9 Å². The van der Waals surface area contributed by atoms with E-state index in [1.165, 1.54) is 17.7 Å². The molecule has 0 aromatic heterocycles. The van der Waals surface area contributed by atoms with E-state index in [4.69, 9.17) is 5.14 Å². The van der Waals surface area contributed by atoms with Crippen LogP contribution in [0.25, 0.3) is 0 Å². The number of carbonyl (C=O) groups excluding carboxylic acids is 1. The molecule has 7 heteroatoms. The normalized spacial score (nSPS) is 11.1. The van der Waals surface area contributed by atoms with Crippen LogP contribution in [0.3, 0.4) is 0 Å². The van der Waals surface area contributed by atoms with Gasteiger partial charge >= 0.3 is 0 Å². The fourth-order valence-electron chi connectivity index (χ4n) is 2.09. The van der Waals surface area contributed by atoms with Crippen molar-refractivity contribution < 1.29 is 13.2 Å². The van der Waals surface area contributed by atoms with Crippen molar-refractivity contribution in [3.63, 3.8) is 0 Å². The van der Waals surface area contributed by atoms with Crippen molar-refractivity contribution in [1.29, 1.82) is 0 Å². The Labute approximate surface area is 142 Å². The highest BCUT2D eigenvalue weighted by Crippen LogP contribution is 2.13. The van der Waals surface area contributed by atoms with Crippen molar-refractivity contribution >= 4 is 21.6 Å². The van der Waals surface area contributed by atoms with E-state index in [1.54, 1.807) is 12.1 Å². The lowest BCUT2D eigenvalue weighted by Gasteiger charge is -2.10. The van der Waals surface area contributed by atoms with E-state index in [0.717, 1.165) is 16.8 Å². The average molecular weight is 347 g/mol. The summed E-state index contributed by atoms with van der Waals surface area (Å²) in [6.45, 7) is 4.54. The SMILES string of the molecule is Cc1ccc(NCC(=O)NCc2ccc(S(N)(=O)=O)cc2)cc1C. The maximum atomic E-state index is 11.9. The Balaban J connectivity index is 1.83. The zero-order valence-electron chi connectivity index (χ0n) is 13.7. The minimum Gasteiger partial charge on any atom is -0.376 e. The summed E-state index contributed by atoms with van der Waals surface area (Å²) in [7, 11) is -3.69. The Morgan fingerprint density at radius 1 is 1.04 bits per heavy atom. The van der Waals surface area contributed by atoms with Crippen LogP contribution in [0.15, 0.2) is 47.4 Å². The van der Waals surface area contributed by atoms with Crippen LogP contribution in [0, 0.1) is 13.8 Å². The van der Waals surface area contributed by atoms with Gasteiger partial charge in [0.25, 0.3) is 0 Å². The molecule has 0 saturated heterocycles. The summed E-state index contributed by atoms with van der Waals surface area (Å²) in [6, 6.07) is 12.0. The molecule has 0 saturated carbocycles. The lowest BCUT2D eigenvalue weighted by atomic mass is 10.1. The fourth-order valence-corrected chi connectivity index (χ4v) is 2.61. The highest BCUT2D eigenvalue weighted by molar-refractivity contribution is 7.89. The van der Waals surface area contributed by atoms with Crippen LogP contribution in [0.5, 0.6) is 0 Å². The van der Waals surface area contributed by atoms with Gasteiger partial charge in [-0.25, -0.2) is 13.6 Å². The van der Waals surface area contributed by atoms with Gasteiger partial charge in [0.15, 0.2) is 0 Å². The maximum absolute atomic E-state index is 11.9. The largest absolute Gasteiger partial charge is 0.376 e. The van der Waals surface area contributed by atoms with Gasteiger partial charge in [-0.05, 0) is 54.8 Å². The Morgan fingerprint density at radius 2 is 1.71 bits per heavy atom. The van der Waals surface area contributed by atoms with E-state index < -0.39 is 10.0 Å². The first-order valence-electron chi connectivity index (χ1n) is 7.45. The molecule has 128 valence electrons. The molecule has 0 aliphatic rings. The standard InChI is InChI=1S/C17H21N3O3S/c1-12-3-6-15(9-13(12)2)19-11-17(21)20-10-14-4-7-16(8-5-14)24(18,22)23/h3-9,19H,10-11H2,1-2H3,(H,20,21)(H2,18,22,23). The number of carbonyl (C=O) groups is 1. The Bertz CT molecular complexity index is 831. The Morgan fingerprint density at radius 3 is 2.29 bits per heavy atom. The van der Waals surface area contributed by atoms with Crippen LogP contribution in [-0.4, -0.2) is 20.9 Å². The number of hydrogen-bond acceptors (Lipinski definition) is 4. The van der Waals surface area contributed by atoms with Crippen molar-refractivity contribution in [2.45, 2.75) is 25.3 Å². The monoisotopic (exact) mass is 347 g/mol. The van der Waals surface area contributed by atoms with E-state index >= 15 is 0 Å². The zero-order valence-corrected chi connectivity index (χ0v) is 14.5. The molecule has 0 bridgehead atoms. The molecule has 2 aromatic rings. The van der Waals surface area contributed by atoms with Gasteiger partial charge < -0.3 is 10.6 Å². The molecule has 24 heavy (non-hydrogen) atoms. The molecule has 2 aromatic carbocycles. The van der Waals surface area contributed by atoms with Gasteiger partial charge in [-0.15, -0.1) is 0 Å². The molecule has 0 aliphatic carbocycles. The molecule has 0 heterocycles. The van der Waals surface area contributed by atoms with Crippen LogP contribution in [-0.2, 0) is 21.4 Å². The number of hydrogen-bond donors (Lipinski definition) is 3. The van der Waals surface area contributed by atoms with Crippen molar-refractivity contribution in [3.05, 3.63) is 59.2 Å². The van der Waals surface area contributed by atoms with Crippen molar-refractivity contribution in [2.24, 2.45) is 5.14 Å². The van der Waals surface area contributed by atoms with Gasteiger partial charge in [0.05, 0.1) is 11.4 Å². The predicted molar refractivity (Wildman–Crippen MR) is 94.1 cm³/mol. The van der Waals surface area contributed by atoms with Crippen LogP contribution in [0.4, 0.5) is 5.69 Å².